The first-order valence-corrected chi connectivity index (χ1v) is 16.0. The molecule has 1 aromatic heterocycles. The Bertz CT molecular complexity index is 1360. The van der Waals surface area contributed by atoms with Crippen LogP contribution in [0.5, 0.6) is 0 Å². The highest BCUT2D eigenvalue weighted by molar-refractivity contribution is 5.78. The number of carbonyl (C=O) groups excluding carboxylic acids is 2. The molecule has 2 bridgehead atoms. The fourth-order valence-corrected chi connectivity index (χ4v) is 6.64. The largest absolute Gasteiger partial charge is 0.462 e. The van der Waals surface area contributed by atoms with Gasteiger partial charge >= 0.3 is 11.9 Å². The first kappa shape index (κ1) is 33.3. The zero-order chi connectivity index (χ0) is 32.5. The lowest BCUT2D eigenvalue weighted by Crippen LogP contribution is -2.42. The molecule has 1 aromatic rings. The number of ether oxygens (including phenoxy) is 5. The van der Waals surface area contributed by atoms with Crippen LogP contribution in [0.1, 0.15) is 71.9 Å². The van der Waals surface area contributed by atoms with Crippen LogP contribution in [-0.4, -0.2) is 77.5 Å². The second-order valence-electron chi connectivity index (χ2n) is 13.3. The topological polar surface area (TPSA) is 133 Å². The van der Waals surface area contributed by atoms with Crippen LogP contribution in [0.2, 0.25) is 0 Å². The molecule has 246 valence electrons. The fourth-order valence-electron chi connectivity index (χ4n) is 6.64. The molecule has 0 aliphatic carbocycles. The van der Waals surface area contributed by atoms with E-state index in [1.54, 1.807) is 20.3 Å². The number of oxazole rings is 1. The number of epoxide rings is 2. The third-order valence-electron chi connectivity index (χ3n) is 9.63. The number of carbonyl (C=O) groups is 2. The molecule has 11 atom stereocenters. The highest BCUT2D eigenvalue weighted by Gasteiger charge is 2.57. The van der Waals surface area contributed by atoms with Crippen LogP contribution in [0.4, 0.5) is 0 Å². The van der Waals surface area contributed by atoms with Crippen LogP contribution < -0.4 is 0 Å². The SMILES string of the molecule is COC(/C(C)=C/C=C/C(C)=C/c1coc(C)n1)C(C)C1CC(O)C2(C)OC2/C=C/C(C)C2CC(CC(=O)O2)CC2OC2C(=O)O1. The number of fused-ring (bicyclic) bond motifs is 4. The van der Waals surface area contributed by atoms with Gasteiger partial charge in [-0.3, -0.25) is 4.79 Å². The molecule has 0 amide bonds. The molecule has 4 aliphatic rings. The van der Waals surface area contributed by atoms with E-state index in [9.17, 15) is 14.7 Å². The van der Waals surface area contributed by atoms with Crippen molar-refractivity contribution in [3.8, 4) is 0 Å². The van der Waals surface area contributed by atoms with Crippen LogP contribution in [0.3, 0.4) is 0 Å². The zero-order valence-electron chi connectivity index (χ0n) is 27.3. The monoisotopic (exact) mass is 625 g/mol. The number of hydrogen-bond acceptors (Lipinski definition) is 10. The van der Waals surface area contributed by atoms with Crippen molar-refractivity contribution in [3.63, 3.8) is 0 Å². The standard InChI is InChI=1S/C35H47NO9/c1-19(13-25-18-41-23(5)36-25)9-8-10-21(3)32(40-7)22(4)27-17-29(37)35(6)30(45-35)12-11-20(2)26-14-24(16-31(38)42-26)15-28-33(43-28)34(39)44-27/h8-13,18,20,22,24,26-30,32-33,37H,14-17H2,1-7H3/b9-8+,12-11+,19-13+,21-10+. The molecule has 3 saturated heterocycles. The predicted molar refractivity (Wildman–Crippen MR) is 166 cm³/mol. The third-order valence-corrected chi connectivity index (χ3v) is 9.63. The van der Waals surface area contributed by atoms with E-state index in [4.69, 9.17) is 28.1 Å². The lowest BCUT2D eigenvalue weighted by atomic mass is 9.84. The molecule has 0 radical (unpaired) electrons. The minimum Gasteiger partial charge on any atom is -0.462 e. The number of aliphatic hydroxyl groups is 1. The van der Waals surface area contributed by atoms with Crippen molar-refractivity contribution >= 4 is 18.0 Å². The Balaban J connectivity index is 1.33. The molecule has 4 aliphatic heterocycles. The molecule has 3 fully saturated rings. The van der Waals surface area contributed by atoms with E-state index in [1.807, 2.05) is 71.1 Å². The molecule has 45 heavy (non-hydrogen) atoms. The summed E-state index contributed by atoms with van der Waals surface area (Å²) in [5, 5.41) is 11.4. The molecule has 5 rings (SSSR count). The lowest BCUT2D eigenvalue weighted by molar-refractivity contribution is -0.159. The summed E-state index contributed by atoms with van der Waals surface area (Å²) in [6.45, 7) is 11.6. The van der Waals surface area contributed by atoms with Crippen LogP contribution >= 0.6 is 0 Å². The molecule has 1 N–H and O–H groups in total. The maximum Gasteiger partial charge on any atom is 0.338 e. The number of aliphatic hydroxyl groups excluding tert-OH is 1. The van der Waals surface area contributed by atoms with Gasteiger partial charge in [0, 0.05) is 38.7 Å². The van der Waals surface area contributed by atoms with Crippen LogP contribution in [0, 0.1) is 24.7 Å². The van der Waals surface area contributed by atoms with E-state index < -0.39 is 36.0 Å². The van der Waals surface area contributed by atoms with Gasteiger partial charge in [-0.2, -0.15) is 0 Å². The number of hydrogen-bond donors (Lipinski definition) is 1. The summed E-state index contributed by atoms with van der Waals surface area (Å²) in [6.07, 6.45) is 11.7. The van der Waals surface area contributed by atoms with Crippen LogP contribution in [0.25, 0.3) is 6.08 Å². The average molecular weight is 626 g/mol. The molecular weight excluding hydrogens is 578 g/mol. The Labute approximate surface area is 265 Å². The van der Waals surface area contributed by atoms with Gasteiger partial charge in [0.15, 0.2) is 12.0 Å². The third kappa shape index (κ3) is 8.03. The van der Waals surface area contributed by atoms with Crippen molar-refractivity contribution in [2.45, 2.75) is 116 Å². The summed E-state index contributed by atoms with van der Waals surface area (Å²) in [6, 6.07) is 0. The molecule has 10 nitrogen and oxygen atoms in total. The van der Waals surface area contributed by atoms with Crippen molar-refractivity contribution in [1.82, 2.24) is 4.98 Å². The van der Waals surface area contributed by atoms with E-state index in [-0.39, 0.29) is 48.5 Å². The number of aromatic nitrogens is 1. The Hall–Kier alpha value is -3.05. The van der Waals surface area contributed by atoms with Gasteiger partial charge in [-0.1, -0.05) is 44.2 Å². The van der Waals surface area contributed by atoms with Gasteiger partial charge in [-0.25, -0.2) is 9.78 Å². The number of esters is 2. The summed E-state index contributed by atoms with van der Waals surface area (Å²) in [5.41, 5.74) is 1.86. The first-order chi connectivity index (χ1) is 21.4. The molecule has 11 unspecified atom stereocenters. The molecule has 0 spiro atoms. The average Bonchev–Trinajstić information content (AvgIpc) is 3.86. The van der Waals surface area contributed by atoms with Crippen LogP contribution in [0.15, 0.2) is 52.2 Å². The minimum absolute atomic E-state index is 0.0130. The summed E-state index contributed by atoms with van der Waals surface area (Å²) in [5.74, 6) is -0.316. The second-order valence-corrected chi connectivity index (χ2v) is 13.3. The molecular formula is C35H47NO9. The molecule has 0 aromatic carbocycles. The Kier molecular flexibility index (Phi) is 10.2. The highest BCUT2D eigenvalue weighted by atomic mass is 16.6. The van der Waals surface area contributed by atoms with Crippen molar-refractivity contribution in [3.05, 3.63) is 59.4 Å². The highest BCUT2D eigenvalue weighted by Crippen LogP contribution is 2.44. The maximum absolute atomic E-state index is 13.4. The van der Waals surface area contributed by atoms with E-state index in [2.05, 4.69) is 4.98 Å². The van der Waals surface area contributed by atoms with E-state index in [0.29, 0.717) is 25.2 Å². The number of methoxy groups -OCH3 is 1. The van der Waals surface area contributed by atoms with Crippen molar-refractivity contribution in [2.75, 3.05) is 7.11 Å². The van der Waals surface area contributed by atoms with Gasteiger partial charge in [-0.05, 0) is 56.8 Å². The summed E-state index contributed by atoms with van der Waals surface area (Å²) in [7, 11) is 1.63. The van der Waals surface area contributed by atoms with Crippen molar-refractivity contribution < 1.29 is 42.8 Å². The number of aryl methyl sites for hydroxylation is 1. The lowest BCUT2D eigenvalue weighted by Gasteiger charge is -2.33. The number of rotatable bonds is 7. The predicted octanol–water partition coefficient (Wildman–Crippen LogP) is 5.05. The van der Waals surface area contributed by atoms with E-state index in [0.717, 1.165) is 16.8 Å². The minimum atomic E-state index is -0.905. The first-order valence-electron chi connectivity index (χ1n) is 16.0. The second kappa shape index (κ2) is 13.7. The smallest absolute Gasteiger partial charge is 0.338 e. The van der Waals surface area contributed by atoms with Crippen molar-refractivity contribution in [2.24, 2.45) is 17.8 Å². The van der Waals surface area contributed by atoms with Gasteiger partial charge in [0.25, 0.3) is 0 Å². The quantitative estimate of drug-likeness (QED) is 0.190. The normalized spacial score (nSPS) is 38.0. The van der Waals surface area contributed by atoms with Gasteiger partial charge in [0.1, 0.15) is 35.9 Å². The van der Waals surface area contributed by atoms with E-state index in [1.165, 1.54) is 0 Å². The van der Waals surface area contributed by atoms with Gasteiger partial charge < -0.3 is 33.2 Å². The molecule has 10 heteroatoms. The number of nitrogens with zero attached hydrogens (tertiary/aromatic N) is 1. The maximum atomic E-state index is 13.4. The zero-order valence-corrected chi connectivity index (χ0v) is 27.3. The number of allylic oxidation sites excluding steroid dienone is 4. The summed E-state index contributed by atoms with van der Waals surface area (Å²) < 4.78 is 34.7. The van der Waals surface area contributed by atoms with Crippen molar-refractivity contribution in [1.29, 1.82) is 0 Å². The van der Waals surface area contributed by atoms with Gasteiger partial charge in [0.2, 0.25) is 0 Å². The van der Waals surface area contributed by atoms with Gasteiger partial charge in [0.05, 0.1) is 18.3 Å². The fraction of sp³-hybridized carbons (Fsp3) is 0.629. The Morgan fingerprint density at radius 3 is 2.62 bits per heavy atom. The Morgan fingerprint density at radius 2 is 1.91 bits per heavy atom. The molecule has 0 saturated carbocycles. The summed E-state index contributed by atoms with van der Waals surface area (Å²) in [4.78, 5) is 30.1. The number of cyclic esters (lactones) is 1. The van der Waals surface area contributed by atoms with Crippen LogP contribution in [-0.2, 0) is 33.3 Å². The Morgan fingerprint density at radius 1 is 1.16 bits per heavy atom. The summed E-state index contributed by atoms with van der Waals surface area (Å²) >= 11 is 0. The molecule has 5 heterocycles. The van der Waals surface area contributed by atoms with E-state index >= 15 is 0 Å². The van der Waals surface area contributed by atoms with Gasteiger partial charge in [-0.15, -0.1) is 0 Å².